The summed E-state index contributed by atoms with van der Waals surface area (Å²) >= 11 is 0. The summed E-state index contributed by atoms with van der Waals surface area (Å²) in [6.07, 6.45) is 4.77. The van der Waals surface area contributed by atoms with Gasteiger partial charge in [0.25, 0.3) is 5.91 Å². The third kappa shape index (κ3) is 5.44. The van der Waals surface area contributed by atoms with Crippen molar-refractivity contribution in [3.8, 4) is 0 Å². The van der Waals surface area contributed by atoms with Gasteiger partial charge in [0.15, 0.2) is 0 Å². The van der Waals surface area contributed by atoms with Gasteiger partial charge in [-0.15, -0.1) is 0 Å². The van der Waals surface area contributed by atoms with Crippen molar-refractivity contribution in [1.29, 1.82) is 0 Å². The van der Waals surface area contributed by atoms with Crippen LogP contribution in [0.5, 0.6) is 0 Å². The van der Waals surface area contributed by atoms with Crippen molar-refractivity contribution in [3.63, 3.8) is 0 Å². The number of aryl methyl sites for hydroxylation is 3. The van der Waals surface area contributed by atoms with E-state index in [0.29, 0.717) is 36.2 Å². The summed E-state index contributed by atoms with van der Waals surface area (Å²) in [5, 5.41) is 9.14. The van der Waals surface area contributed by atoms with Gasteiger partial charge in [0.2, 0.25) is 0 Å². The Morgan fingerprint density at radius 2 is 1.75 bits per heavy atom. The molecule has 0 aliphatic rings. The molecule has 9 nitrogen and oxygen atoms in total. The standard InChI is InChI=1S/C19H22N8O/c1-12-4-5-20-16(8-12)27-18-9-17(25-14(3)26-18)21-6-7-22-19(28)15-11-23-13(2)10-24-15/h4-5,8-11H,6-7H2,1-3H3,(H,22,28)(H2,20,21,25,26,27). The summed E-state index contributed by atoms with van der Waals surface area (Å²) < 4.78 is 0. The number of anilines is 3. The third-order valence-corrected chi connectivity index (χ3v) is 3.74. The van der Waals surface area contributed by atoms with E-state index in [1.807, 2.05) is 32.9 Å². The Bertz CT molecular complexity index is 958. The Labute approximate surface area is 163 Å². The zero-order valence-corrected chi connectivity index (χ0v) is 16.0. The van der Waals surface area contributed by atoms with E-state index in [4.69, 9.17) is 0 Å². The molecular formula is C19H22N8O. The summed E-state index contributed by atoms with van der Waals surface area (Å²) in [5.74, 6) is 2.38. The fraction of sp³-hybridized carbons (Fsp3) is 0.263. The average molecular weight is 378 g/mol. The quantitative estimate of drug-likeness (QED) is 0.536. The normalized spacial score (nSPS) is 10.4. The Kier molecular flexibility index (Phi) is 6.05. The molecule has 0 fully saturated rings. The largest absolute Gasteiger partial charge is 0.368 e. The fourth-order valence-electron chi connectivity index (χ4n) is 2.43. The van der Waals surface area contributed by atoms with Crippen LogP contribution in [0.25, 0.3) is 0 Å². The van der Waals surface area contributed by atoms with Crippen molar-refractivity contribution in [3.05, 3.63) is 59.6 Å². The molecule has 0 aliphatic heterocycles. The number of hydrogen-bond donors (Lipinski definition) is 3. The number of aromatic nitrogens is 5. The molecule has 0 saturated heterocycles. The van der Waals surface area contributed by atoms with Crippen molar-refractivity contribution in [2.75, 3.05) is 23.7 Å². The summed E-state index contributed by atoms with van der Waals surface area (Å²) in [5.41, 5.74) is 2.17. The van der Waals surface area contributed by atoms with Crippen LogP contribution in [-0.4, -0.2) is 43.9 Å². The zero-order valence-electron chi connectivity index (χ0n) is 16.0. The molecule has 144 valence electrons. The van der Waals surface area contributed by atoms with E-state index in [1.54, 1.807) is 18.5 Å². The molecule has 9 heteroatoms. The molecule has 3 rings (SSSR count). The average Bonchev–Trinajstić information content (AvgIpc) is 2.65. The molecule has 1 amide bonds. The second-order valence-corrected chi connectivity index (χ2v) is 6.25. The smallest absolute Gasteiger partial charge is 0.271 e. The van der Waals surface area contributed by atoms with E-state index in [0.717, 1.165) is 17.1 Å². The molecule has 3 heterocycles. The van der Waals surface area contributed by atoms with Crippen LogP contribution in [0.15, 0.2) is 36.8 Å². The second-order valence-electron chi connectivity index (χ2n) is 6.25. The predicted octanol–water partition coefficient (Wildman–Crippen LogP) is 2.17. The molecule has 3 N–H and O–H groups in total. The van der Waals surface area contributed by atoms with Crippen molar-refractivity contribution >= 4 is 23.4 Å². The van der Waals surface area contributed by atoms with Gasteiger partial charge < -0.3 is 16.0 Å². The maximum Gasteiger partial charge on any atom is 0.271 e. The molecule has 0 unspecified atom stereocenters. The number of pyridine rings is 1. The monoisotopic (exact) mass is 378 g/mol. The maximum absolute atomic E-state index is 12.0. The van der Waals surface area contributed by atoms with E-state index in [2.05, 4.69) is 40.9 Å². The van der Waals surface area contributed by atoms with Crippen LogP contribution < -0.4 is 16.0 Å². The van der Waals surface area contributed by atoms with Crippen LogP contribution in [0.2, 0.25) is 0 Å². The molecule has 0 saturated carbocycles. The maximum atomic E-state index is 12.0. The molecule has 0 spiro atoms. The van der Waals surface area contributed by atoms with Gasteiger partial charge in [-0.1, -0.05) is 0 Å². The van der Waals surface area contributed by atoms with E-state index in [9.17, 15) is 4.79 Å². The van der Waals surface area contributed by atoms with Crippen molar-refractivity contribution in [2.24, 2.45) is 0 Å². The summed E-state index contributed by atoms with van der Waals surface area (Å²) in [4.78, 5) is 33.2. The number of nitrogens with zero attached hydrogens (tertiary/aromatic N) is 5. The van der Waals surface area contributed by atoms with Crippen LogP contribution in [0.3, 0.4) is 0 Å². The molecule has 3 aromatic rings. The third-order valence-electron chi connectivity index (χ3n) is 3.74. The van der Waals surface area contributed by atoms with Gasteiger partial charge in [0.05, 0.1) is 11.9 Å². The van der Waals surface area contributed by atoms with Gasteiger partial charge in [-0.3, -0.25) is 9.78 Å². The first-order valence-electron chi connectivity index (χ1n) is 8.86. The molecule has 0 atom stereocenters. The van der Waals surface area contributed by atoms with Gasteiger partial charge in [-0.05, 0) is 38.5 Å². The minimum Gasteiger partial charge on any atom is -0.368 e. The van der Waals surface area contributed by atoms with Gasteiger partial charge in [-0.25, -0.2) is 19.9 Å². The van der Waals surface area contributed by atoms with E-state index < -0.39 is 0 Å². The lowest BCUT2D eigenvalue weighted by atomic mass is 10.3. The highest BCUT2D eigenvalue weighted by molar-refractivity contribution is 5.91. The minimum atomic E-state index is -0.263. The molecule has 0 radical (unpaired) electrons. The Morgan fingerprint density at radius 1 is 0.929 bits per heavy atom. The molecule has 0 aliphatic carbocycles. The Morgan fingerprint density at radius 3 is 2.50 bits per heavy atom. The highest BCUT2D eigenvalue weighted by Gasteiger charge is 2.07. The van der Waals surface area contributed by atoms with Crippen molar-refractivity contribution in [1.82, 2.24) is 30.2 Å². The number of hydrogen-bond acceptors (Lipinski definition) is 8. The first kappa shape index (κ1) is 19.2. The second kappa shape index (κ2) is 8.85. The van der Waals surface area contributed by atoms with Crippen LogP contribution in [0.1, 0.15) is 27.6 Å². The number of amides is 1. The van der Waals surface area contributed by atoms with Crippen LogP contribution in [0, 0.1) is 20.8 Å². The Balaban J connectivity index is 1.53. The van der Waals surface area contributed by atoms with Crippen LogP contribution >= 0.6 is 0 Å². The molecule has 0 aromatic carbocycles. The summed E-state index contributed by atoms with van der Waals surface area (Å²) in [6.45, 7) is 6.56. The summed E-state index contributed by atoms with van der Waals surface area (Å²) in [7, 11) is 0. The van der Waals surface area contributed by atoms with Gasteiger partial charge in [-0.2, -0.15) is 0 Å². The highest BCUT2D eigenvalue weighted by Crippen LogP contribution is 2.16. The molecular weight excluding hydrogens is 356 g/mol. The highest BCUT2D eigenvalue weighted by atomic mass is 16.1. The number of carbonyl (C=O) groups excluding carboxylic acids is 1. The lowest BCUT2D eigenvalue weighted by Crippen LogP contribution is -2.29. The van der Waals surface area contributed by atoms with E-state index in [-0.39, 0.29) is 5.91 Å². The van der Waals surface area contributed by atoms with Gasteiger partial charge in [0.1, 0.15) is 29.0 Å². The Hall–Kier alpha value is -3.62. The number of carbonyl (C=O) groups is 1. The van der Waals surface area contributed by atoms with E-state index in [1.165, 1.54) is 6.20 Å². The predicted molar refractivity (Wildman–Crippen MR) is 107 cm³/mol. The number of rotatable bonds is 7. The first-order chi connectivity index (χ1) is 13.5. The van der Waals surface area contributed by atoms with Crippen molar-refractivity contribution in [2.45, 2.75) is 20.8 Å². The SMILES string of the molecule is Cc1ccnc(Nc2cc(NCCNC(=O)c3cnc(C)cn3)nc(C)n2)c1. The van der Waals surface area contributed by atoms with Gasteiger partial charge >= 0.3 is 0 Å². The molecule has 3 aromatic heterocycles. The van der Waals surface area contributed by atoms with Crippen molar-refractivity contribution < 1.29 is 4.79 Å². The van der Waals surface area contributed by atoms with Crippen LogP contribution in [-0.2, 0) is 0 Å². The zero-order chi connectivity index (χ0) is 19.9. The number of nitrogens with one attached hydrogen (secondary N) is 3. The van der Waals surface area contributed by atoms with Crippen LogP contribution in [0.4, 0.5) is 17.5 Å². The molecule has 0 bridgehead atoms. The minimum absolute atomic E-state index is 0.263. The topological polar surface area (TPSA) is 118 Å². The van der Waals surface area contributed by atoms with Gasteiger partial charge in [0, 0.05) is 31.5 Å². The van der Waals surface area contributed by atoms with E-state index >= 15 is 0 Å². The lowest BCUT2D eigenvalue weighted by Gasteiger charge is -2.10. The summed E-state index contributed by atoms with van der Waals surface area (Å²) in [6, 6.07) is 5.66. The fourth-order valence-corrected chi connectivity index (χ4v) is 2.43. The lowest BCUT2D eigenvalue weighted by molar-refractivity contribution is 0.0949. The first-order valence-corrected chi connectivity index (χ1v) is 8.86. The molecule has 28 heavy (non-hydrogen) atoms.